The van der Waals surface area contributed by atoms with E-state index in [-0.39, 0.29) is 18.5 Å². The van der Waals surface area contributed by atoms with Gasteiger partial charge in [-0.1, -0.05) is 26.2 Å². The van der Waals surface area contributed by atoms with Crippen LogP contribution >= 0.6 is 0 Å². The fourth-order valence-electron chi connectivity index (χ4n) is 1.90. The summed E-state index contributed by atoms with van der Waals surface area (Å²) in [6.45, 7) is 5.10. The van der Waals surface area contributed by atoms with Gasteiger partial charge in [-0.2, -0.15) is 5.06 Å². The van der Waals surface area contributed by atoms with Crippen LogP contribution in [0.5, 0.6) is 0 Å². The molecule has 1 unspecified atom stereocenters. The van der Waals surface area contributed by atoms with Crippen LogP contribution in [0.4, 0.5) is 0 Å². The molecule has 100 valence electrons. The fraction of sp³-hybridized carbons (Fsp3) is 0.917. The fourth-order valence-corrected chi connectivity index (χ4v) is 1.90. The predicted molar refractivity (Wildman–Crippen MR) is 65.3 cm³/mol. The Kier molecular flexibility index (Phi) is 6.47. The van der Waals surface area contributed by atoms with E-state index in [1.165, 1.54) is 17.9 Å². The second kappa shape index (κ2) is 7.63. The average Bonchev–Trinajstić information content (AvgIpc) is 2.64. The summed E-state index contributed by atoms with van der Waals surface area (Å²) in [5, 5.41) is 13.7. The van der Waals surface area contributed by atoms with Crippen LogP contribution in [0.25, 0.3) is 0 Å². The third-order valence-corrected chi connectivity index (χ3v) is 2.83. The van der Waals surface area contributed by atoms with Gasteiger partial charge in [0.2, 0.25) is 5.91 Å². The van der Waals surface area contributed by atoms with Crippen molar-refractivity contribution in [1.29, 1.82) is 0 Å². The van der Waals surface area contributed by atoms with Gasteiger partial charge in [0.05, 0.1) is 19.3 Å². The molecule has 17 heavy (non-hydrogen) atoms. The van der Waals surface area contributed by atoms with Crippen molar-refractivity contribution in [1.82, 2.24) is 10.4 Å². The Bertz CT molecular complexity index is 236. The van der Waals surface area contributed by atoms with Gasteiger partial charge in [0.15, 0.2) is 0 Å². The minimum atomic E-state index is -0.468. The largest absolute Gasteiger partial charge is 0.389 e. The molecule has 1 saturated heterocycles. The van der Waals surface area contributed by atoms with Gasteiger partial charge in [0, 0.05) is 6.04 Å². The number of nitrogens with zero attached hydrogens (tertiary/aromatic N) is 1. The number of carbonyl (C=O) groups excluding carboxylic acids is 1. The highest BCUT2D eigenvalue weighted by atomic mass is 16.7. The maximum Gasteiger partial charge on any atom is 0.236 e. The molecule has 1 aliphatic heterocycles. The molecule has 0 spiro atoms. The van der Waals surface area contributed by atoms with Gasteiger partial charge in [-0.25, -0.2) is 0 Å². The summed E-state index contributed by atoms with van der Waals surface area (Å²) in [7, 11) is 0. The number of hydrogen-bond acceptors (Lipinski definition) is 4. The molecule has 0 aromatic rings. The quantitative estimate of drug-likeness (QED) is 0.647. The Labute approximate surface area is 103 Å². The molecule has 1 aliphatic rings. The summed E-state index contributed by atoms with van der Waals surface area (Å²) >= 11 is 0. The molecular formula is C12H24N2O3. The lowest BCUT2D eigenvalue weighted by atomic mass is 10.1. The highest BCUT2D eigenvalue weighted by molar-refractivity contribution is 5.78. The van der Waals surface area contributed by atoms with Crippen LogP contribution in [-0.2, 0) is 9.63 Å². The number of hydroxylamine groups is 2. The third kappa shape index (κ3) is 6.00. The van der Waals surface area contributed by atoms with E-state index in [1.54, 1.807) is 0 Å². The van der Waals surface area contributed by atoms with Crippen molar-refractivity contribution in [2.24, 2.45) is 0 Å². The normalized spacial score (nSPS) is 22.6. The average molecular weight is 244 g/mol. The lowest BCUT2D eigenvalue weighted by Crippen LogP contribution is -2.40. The van der Waals surface area contributed by atoms with Crippen molar-refractivity contribution in [2.75, 3.05) is 19.7 Å². The number of aliphatic hydroxyl groups is 1. The molecule has 1 rings (SSSR count). The number of β-amino-alcohol motifs (C(OH)–C–C–N with tert-alkyl or cyclic N) is 1. The molecule has 2 atom stereocenters. The van der Waals surface area contributed by atoms with Gasteiger partial charge in [-0.05, 0) is 13.3 Å². The van der Waals surface area contributed by atoms with Crippen molar-refractivity contribution in [3.63, 3.8) is 0 Å². The summed E-state index contributed by atoms with van der Waals surface area (Å²) in [5.74, 6) is -0.0388. The van der Waals surface area contributed by atoms with Gasteiger partial charge < -0.3 is 10.4 Å². The van der Waals surface area contributed by atoms with Gasteiger partial charge >= 0.3 is 0 Å². The molecule has 0 aromatic heterocycles. The summed E-state index contributed by atoms with van der Waals surface area (Å²) in [5.41, 5.74) is 0. The number of rotatable bonds is 7. The molecule has 0 aromatic carbocycles. The molecule has 0 radical (unpaired) electrons. The highest BCUT2D eigenvalue weighted by Crippen LogP contribution is 2.05. The number of amides is 1. The number of nitrogens with one attached hydrogen (secondary N) is 1. The van der Waals surface area contributed by atoms with E-state index >= 15 is 0 Å². The molecule has 2 N–H and O–H groups in total. The first-order valence-electron chi connectivity index (χ1n) is 6.47. The zero-order valence-electron chi connectivity index (χ0n) is 10.8. The van der Waals surface area contributed by atoms with Crippen LogP contribution in [0.3, 0.4) is 0 Å². The van der Waals surface area contributed by atoms with Crippen LogP contribution < -0.4 is 5.32 Å². The van der Waals surface area contributed by atoms with Gasteiger partial charge in [-0.15, -0.1) is 0 Å². The minimum Gasteiger partial charge on any atom is -0.389 e. The molecule has 5 heteroatoms. The van der Waals surface area contributed by atoms with Crippen LogP contribution in [0, 0.1) is 0 Å². The van der Waals surface area contributed by atoms with E-state index in [4.69, 9.17) is 4.84 Å². The van der Waals surface area contributed by atoms with Crippen molar-refractivity contribution in [3.05, 3.63) is 0 Å². The Morgan fingerprint density at radius 2 is 2.35 bits per heavy atom. The summed E-state index contributed by atoms with van der Waals surface area (Å²) in [4.78, 5) is 16.8. The first kappa shape index (κ1) is 14.4. The molecule has 0 aliphatic carbocycles. The van der Waals surface area contributed by atoms with E-state index < -0.39 is 6.10 Å². The zero-order chi connectivity index (χ0) is 12.7. The Balaban J connectivity index is 2.11. The molecule has 1 fully saturated rings. The summed E-state index contributed by atoms with van der Waals surface area (Å²) in [6.07, 6.45) is 4.10. The lowest BCUT2D eigenvalue weighted by Gasteiger charge is -2.17. The number of hydrogen-bond donors (Lipinski definition) is 2. The number of carbonyl (C=O) groups is 1. The second-order valence-electron chi connectivity index (χ2n) is 4.74. The van der Waals surface area contributed by atoms with E-state index in [0.717, 1.165) is 12.8 Å². The molecule has 1 amide bonds. The monoisotopic (exact) mass is 244 g/mol. The van der Waals surface area contributed by atoms with Crippen molar-refractivity contribution in [2.45, 2.75) is 51.7 Å². The van der Waals surface area contributed by atoms with Crippen LogP contribution in [-0.4, -0.2) is 47.9 Å². The third-order valence-electron chi connectivity index (χ3n) is 2.83. The number of aliphatic hydroxyl groups excluding tert-OH is 1. The number of unbranched alkanes of at least 4 members (excludes halogenated alkanes) is 2. The second-order valence-corrected chi connectivity index (χ2v) is 4.74. The lowest BCUT2D eigenvalue weighted by molar-refractivity contribution is -0.142. The van der Waals surface area contributed by atoms with Crippen LogP contribution in [0.1, 0.15) is 39.5 Å². The highest BCUT2D eigenvalue weighted by Gasteiger charge is 2.23. The summed E-state index contributed by atoms with van der Waals surface area (Å²) < 4.78 is 0. The van der Waals surface area contributed by atoms with E-state index in [0.29, 0.717) is 13.2 Å². The first-order valence-corrected chi connectivity index (χ1v) is 6.47. The van der Waals surface area contributed by atoms with Crippen LogP contribution in [0.15, 0.2) is 0 Å². The summed E-state index contributed by atoms with van der Waals surface area (Å²) in [6, 6.07) is 0.210. The first-order chi connectivity index (χ1) is 8.11. The molecule has 0 bridgehead atoms. The Hall–Kier alpha value is -0.650. The van der Waals surface area contributed by atoms with E-state index in [1.807, 2.05) is 6.92 Å². The van der Waals surface area contributed by atoms with E-state index in [9.17, 15) is 9.90 Å². The Morgan fingerprint density at radius 3 is 2.94 bits per heavy atom. The Morgan fingerprint density at radius 1 is 1.59 bits per heavy atom. The van der Waals surface area contributed by atoms with Gasteiger partial charge in [0.25, 0.3) is 0 Å². The van der Waals surface area contributed by atoms with Crippen molar-refractivity contribution in [3.8, 4) is 0 Å². The maximum absolute atomic E-state index is 11.6. The smallest absolute Gasteiger partial charge is 0.236 e. The predicted octanol–water partition coefficient (Wildman–Crippen LogP) is 0.679. The van der Waals surface area contributed by atoms with E-state index in [2.05, 4.69) is 12.2 Å². The molecular weight excluding hydrogens is 220 g/mol. The topological polar surface area (TPSA) is 61.8 Å². The molecule has 5 nitrogen and oxygen atoms in total. The van der Waals surface area contributed by atoms with Crippen molar-refractivity contribution >= 4 is 5.91 Å². The van der Waals surface area contributed by atoms with Crippen LogP contribution in [0.2, 0.25) is 0 Å². The van der Waals surface area contributed by atoms with Gasteiger partial charge in [0.1, 0.15) is 6.54 Å². The molecule has 0 saturated carbocycles. The van der Waals surface area contributed by atoms with Crippen molar-refractivity contribution < 1.29 is 14.7 Å². The maximum atomic E-state index is 11.6. The minimum absolute atomic E-state index is 0.0388. The molecule has 1 heterocycles. The SMILES string of the molecule is CCCCCC(C)NC(=O)CN1C[C@@H](O)CO1. The zero-order valence-corrected chi connectivity index (χ0v) is 10.8. The standard InChI is InChI=1S/C12H24N2O3/c1-3-4-5-6-10(2)13-12(16)8-14-7-11(15)9-17-14/h10-11,15H,3-9H2,1-2H3,(H,13,16)/t10?,11-/m1/s1. The van der Waals surface area contributed by atoms with Gasteiger partial charge in [-0.3, -0.25) is 9.63 Å².